The van der Waals surface area contributed by atoms with Gasteiger partial charge in [-0.05, 0) is 43.5 Å². The van der Waals surface area contributed by atoms with Gasteiger partial charge in [-0.3, -0.25) is 19.5 Å². The van der Waals surface area contributed by atoms with E-state index in [9.17, 15) is 9.59 Å². The molecule has 138 valence electrons. The van der Waals surface area contributed by atoms with Crippen LogP contribution in [-0.2, 0) is 13.0 Å². The third-order valence-electron chi connectivity index (χ3n) is 5.03. The third kappa shape index (κ3) is 3.70. The lowest BCUT2D eigenvalue weighted by Gasteiger charge is -2.34. The van der Waals surface area contributed by atoms with Crippen LogP contribution in [-0.4, -0.2) is 57.6 Å². The Bertz CT molecular complexity index is 790. The van der Waals surface area contributed by atoms with Gasteiger partial charge in [0, 0.05) is 56.4 Å². The zero-order valence-electron chi connectivity index (χ0n) is 15.7. The molecule has 0 aromatic carbocycles. The van der Waals surface area contributed by atoms with Gasteiger partial charge in [-0.15, -0.1) is 0 Å². The Kier molecular flexibility index (Phi) is 5.52. The number of rotatable bonds is 5. The van der Waals surface area contributed by atoms with E-state index in [1.165, 1.54) is 5.56 Å². The first-order chi connectivity index (χ1) is 12.5. The Hall–Kier alpha value is -2.47. The van der Waals surface area contributed by atoms with Crippen molar-refractivity contribution in [2.75, 3.05) is 26.2 Å². The van der Waals surface area contributed by atoms with Crippen molar-refractivity contribution in [1.29, 1.82) is 0 Å². The zero-order chi connectivity index (χ0) is 18.7. The molecule has 3 rings (SSSR count). The molecule has 1 aliphatic heterocycles. The van der Waals surface area contributed by atoms with Crippen molar-refractivity contribution in [1.82, 2.24) is 19.8 Å². The predicted molar refractivity (Wildman–Crippen MR) is 100 cm³/mol. The number of aromatic amines is 1. The average Bonchev–Trinajstić information content (AvgIpc) is 2.99. The van der Waals surface area contributed by atoms with E-state index in [4.69, 9.17) is 0 Å². The number of carbonyl (C=O) groups excluding carboxylic acids is 2. The number of amides is 1. The van der Waals surface area contributed by atoms with Crippen LogP contribution in [0.4, 0.5) is 0 Å². The van der Waals surface area contributed by atoms with Gasteiger partial charge in [-0.2, -0.15) is 0 Å². The summed E-state index contributed by atoms with van der Waals surface area (Å²) in [6.07, 6.45) is 4.28. The molecule has 6 nitrogen and oxygen atoms in total. The monoisotopic (exact) mass is 354 g/mol. The van der Waals surface area contributed by atoms with Gasteiger partial charge in [-0.25, -0.2) is 0 Å². The van der Waals surface area contributed by atoms with Gasteiger partial charge in [0.25, 0.3) is 5.91 Å². The van der Waals surface area contributed by atoms with E-state index in [1.54, 1.807) is 6.92 Å². The Morgan fingerprint density at radius 3 is 2.38 bits per heavy atom. The molecule has 1 saturated heterocycles. The second-order valence-electron chi connectivity index (χ2n) is 6.81. The fourth-order valence-electron chi connectivity index (χ4n) is 3.70. The molecule has 0 spiro atoms. The van der Waals surface area contributed by atoms with Gasteiger partial charge >= 0.3 is 0 Å². The number of pyridine rings is 1. The molecule has 0 unspecified atom stereocenters. The highest BCUT2D eigenvalue weighted by Crippen LogP contribution is 2.22. The number of nitrogens with zero attached hydrogens (tertiary/aromatic N) is 3. The molecule has 0 radical (unpaired) electrons. The number of carbonyl (C=O) groups is 2. The molecule has 6 heteroatoms. The first-order valence-electron chi connectivity index (χ1n) is 9.14. The standard InChI is InChI=1S/C20H26N4O2/c1-4-17-18(15(3)25)14(2)22-19(17)20(26)24-11-9-23(10-12-24)13-16-5-7-21-8-6-16/h5-8,22H,4,9-13H2,1-3H3. The van der Waals surface area contributed by atoms with Crippen LogP contribution >= 0.6 is 0 Å². The van der Waals surface area contributed by atoms with Crippen LogP contribution in [0.2, 0.25) is 0 Å². The molecule has 1 fully saturated rings. The number of ketones is 1. The summed E-state index contributed by atoms with van der Waals surface area (Å²) in [4.78, 5) is 36.3. The van der Waals surface area contributed by atoms with Crippen LogP contribution in [0.1, 0.15) is 51.5 Å². The highest BCUT2D eigenvalue weighted by molar-refractivity contribution is 6.02. The number of H-pyrrole nitrogens is 1. The molecule has 1 N–H and O–H groups in total. The Balaban J connectivity index is 1.67. The van der Waals surface area contributed by atoms with Gasteiger partial charge in [0.05, 0.1) is 0 Å². The molecule has 3 heterocycles. The Labute approximate surface area is 154 Å². The summed E-state index contributed by atoms with van der Waals surface area (Å²) in [7, 11) is 0. The molecule has 0 atom stereocenters. The molecule has 0 bridgehead atoms. The summed E-state index contributed by atoms with van der Waals surface area (Å²) in [6.45, 7) is 9.35. The van der Waals surface area contributed by atoms with E-state index in [0.717, 1.165) is 30.9 Å². The number of hydrogen-bond donors (Lipinski definition) is 1. The van der Waals surface area contributed by atoms with Crippen LogP contribution in [0.3, 0.4) is 0 Å². The second kappa shape index (κ2) is 7.83. The van der Waals surface area contributed by atoms with E-state index >= 15 is 0 Å². The maximum atomic E-state index is 13.0. The topological polar surface area (TPSA) is 69.3 Å². The summed E-state index contributed by atoms with van der Waals surface area (Å²) in [5, 5.41) is 0. The van der Waals surface area contributed by atoms with E-state index in [1.807, 2.05) is 43.3 Å². The predicted octanol–water partition coefficient (Wildman–Crippen LogP) is 2.44. The molecule has 0 saturated carbocycles. The molecule has 1 aliphatic rings. The van der Waals surface area contributed by atoms with Crippen molar-refractivity contribution < 1.29 is 9.59 Å². The summed E-state index contributed by atoms with van der Waals surface area (Å²) in [5.41, 5.74) is 4.12. The first kappa shape index (κ1) is 18.3. The average molecular weight is 354 g/mol. The summed E-state index contributed by atoms with van der Waals surface area (Å²) in [6, 6.07) is 4.05. The van der Waals surface area contributed by atoms with E-state index in [0.29, 0.717) is 30.8 Å². The van der Waals surface area contributed by atoms with Crippen LogP contribution < -0.4 is 0 Å². The van der Waals surface area contributed by atoms with Gasteiger partial charge in [0.2, 0.25) is 0 Å². The normalized spacial score (nSPS) is 15.3. The van der Waals surface area contributed by atoms with Crippen molar-refractivity contribution >= 4 is 11.7 Å². The first-order valence-corrected chi connectivity index (χ1v) is 9.14. The minimum Gasteiger partial charge on any atom is -0.354 e. The van der Waals surface area contributed by atoms with Crippen LogP contribution in [0.5, 0.6) is 0 Å². The molecular weight excluding hydrogens is 328 g/mol. The van der Waals surface area contributed by atoms with Gasteiger partial charge in [-0.1, -0.05) is 6.92 Å². The lowest BCUT2D eigenvalue weighted by molar-refractivity contribution is 0.0622. The summed E-state index contributed by atoms with van der Waals surface area (Å²) < 4.78 is 0. The fourth-order valence-corrected chi connectivity index (χ4v) is 3.70. The van der Waals surface area contributed by atoms with Gasteiger partial charge < -0.3 is 9.88 Å². The lowest BCUT2D eigenvalue weighted by atomic mass is 10.0. The van der Waals surface area contributed by atoms with Crippen LogP contribution in [0.25, 0.3) is 0 Å². The van der Waals surface area contributed by atoms with Gasteiger partial charge in [0.15, 0.2) is 5.78 Å². The van der Waals surface area contributed by atoms with E-state index < -0.39 is 0 Å². The minimum absolute atomic E-state index is 0.000936. The smallest absolute Gasteiger partial charge is 0.270 e. The zero-order valence-corrected chi connectivity index (χ0v) is 15.7. The molecular formula is C20H26N4O2. The Morgan fingerprint density at radius 1 is 1.15 bits per heavy atom. The number of aromatic nitrogens is 2. The van der Waals surface area contributed by atoms with Gasteiger partial charge in [0.1, 0.15) is 5.69 Å². The largest absolute Gasteiger partial charge is 0.354 e. The molecule has 26 heavy (non-hydrogen) atoms. The fraction of sp³-hybridized carbons (Fsp3) is 0.450. The number of Topliss-reactive ketones (excluding diaryl/α,β-unsaturated/α-hetero) is 1. The number of aryl methyl sites for hydroxylation is 1. The quantitative estimate of drug-likeness (QED) is 0.838. The van der Waals surface area contributed by atoms with Crippen molar-refractivity contribution in [2.24, 2.45) is 0 Å². The number of piperazine rings is 1. The van der Waals surface area contributed by atoms with Crippen molar-refractivity contribution in [2.45, 2.75) is 33.7 Å². The molecule has 2 aromatic heterocycles. The highest BCUT2D eigenvalue weighted by Gasteiger charge is 2.27. The maximum Gasteiger partial charge on any atom is 0.270 e. The SMILES string of the molecule is CCc1c(C(=O)N2CCN(Cc3ccncc3)CC2)[nH]c(C)c1C(C)=O. The summed E-state index contributed by atoms with van der Waals surface area (Å²) in [5.74, 6) is 0.0119. The highest BCUT2D eigenvalue weighted by atomic mass is 16.2. The molecule has 0 aliphatic carbocycles. The van der Waals surface area contributed by atoms with E-state index in [2.05, 4.69) is 14.9 Å². The molecule has 1 amide bonds. The van der Waals surface area contributed by atoms with Crippen LogP contribution in [0.15, 0.2) is 24.5 Å². The van der Waals surface area contributed by atoms with Crippen molar-refractivity contribution in [3.05, 3.63) is 52.6 Å². The number of hydrogen-bond acceptors (Lipinski definition) is 4. The summed E-state index contributed by atoms with van der Waals surface area (Å²) >= 11 is 0. The molecule has 2 aromatic rings. The van der Waals surface area contributed by atoms with Crippen LogP contribution in [0, 0.1) is 6.92 Å². The third-order valence-corrected chi connectivity index (χ3v) is 5.03. The lowest BCUT2D eigenvalue weighted by Crippen LogP contribution is -2.48. The van der Waals surface area contributed by atoms with Crippen molar-refractivity contribution in [3.8, 4) is 0 Å². The van der Waals surface area contributed by atoms with E-state index in [-0.39, 0.29) is 11.7 Å². The Morgan fingerprint density at radius 2 is 1.81 bits per heavy atom. The minimum atomic E-state index is 0.000936. The number of nitrogens with one attached hydrogen (secondary N) is 1. The second-order valence-corrected chi connectivity index (χ2v) is 6.81. The maximum absolute atomic E-state index is 13.0. The van der Waals surface area contributed by atoms with Crippen molar-refractivity contribution in [3.63, 3.8) is 0 Å².